The van der Waals surface area contributed by atoms with Crippen LogP contribution in [-0.2, 0) is 6.54 Å². The van der Waals surface area contributed by atoms with Gasteiger partial charge in [-0.1, -0.05) is 36.4 Å². The largest absolute Gasteiger partial charge is 0.504 e. The second-order valence-corrected chi connectivity index (χ2v) is 5.07. The van der Waals surface area contributed by atoms with Crippen molar-refractivity contribution in [3.63, 3.8) is 0 Å². The van der Waals surface area contributed by atoms with E-state index in [4.69, 9.17) is 17.0 Å². The fourth-order valence-electron chi connectivity index (χ4n) is 1.89. The molecule has 0 saturated heterocycles. The summed E-state index contributed by atoms with van der Waals surface area (Å²) in [6.45, 7) is 2.96. The molecule has 0 aliphatic heterocycles. The Labute approximate surface area is 141 Å². The van der Waals surface area contributed by atoms with Gasteiger partial charge < -0.3 is 15.2 Å². The molecule has 0 fully saturated rings. The Kier molecular flexibility index (Phi) is 6.38. The summed E-state index contributed by atoms with van der Waals surface area (Å²) in [7, 11) is 0. The first-order valence-corrected chi connectivity index (χ1v) is 7.67. The third-order valence-electron chi connectivity index (χ3n) is 3.00. The van der Waals surface area contributed by atoms with E-state index in [0.29, 0.717) is 29.6 Å². The molecule has 2 rings (SSSR count). The smallest absolute Gasteiger partial charge is 0.187 e. The number of thiocarbonyl (C=S) groups is 1. The highest BCUT2D eigenvalue weighted by Gasteiger charge is 2.05. The highest BCUT2D eigenvalue weighted by Crippen LogP contribution is 2.28. The van der Waals surface area contributed by atoms with E-state index < -0.39 is 0 Å². The fourth-order valence-corrected chi connectivity index (χ4v) is 2.02. The molecule has 0 radical (unpaired) electrons. The summed E-state index contributed by atoms with van der Waals surface area (Å²) in [5, 5.41) is 17.5. The van der Waals surface area contributed by atoms with Gasteiger partial charge in [0.2, 0.25) is 0 Å². The second-order valence-electron chi connectivity index (χ2n) is 4.67. The molecule has 3 N–H and O–H groups in total. The van der Waals surface area contributed by atoms with Gasteiger partial charge in [-0.2, -0.15) is 5.10 Å². The van der Waals surface area contributed by atoms with E-state index >= 15 is 0 Å². The number of ether oxygens (including phenoxy) is 1. The predicted octanol–water partition coefficient (Wildman–Crippen LogP) is 2.79. The van der Waals surface area contributed by atoms with Crippen molar-refractivity contribution in [1.82, 2.24) is 10.7 Å². The van der Waals surface area contributed by atoms with E-state index in [1.54, 1.807) is 18.2 Å². The molecule has 120 valence electrons. The van der Waals surface area contributed by atoms with Crippen molar-refractivity contribution >= 4 is 23.5 Å². The number of phenolic OH excluding ortho intramolecular Hbond substituents is 1. The molecular formula is C17H19N3O2S. The Morgan fingerprint density at radius 3 is 2.74 bits per heavy atom. The van der Waals surface area contributed by atoms with Crippen LogP contribution in [0, 0.1) is 0 Å². The van der Waals surface area contributed by atoms with Gasteiger partial charge in [0.15, 0.2) is 16.6 Å². The molecule has 0 aromatic heterocycles. The van der Waals surface area contributed by atoms with Crippen LogP contribution in [0.1, 0.15) is 18.1 Å². The molecular weight excluding hydrogens is 310 g/mol. The quantitative estimate of drug-likeness (QED) is 0.432. The Morgan fingerprint density at radius 1 is 1.22 bits per heavy atom. The minimum Gasteiger partial charge on any atom is -0.504 e. The van der Waals surface area contributed by atoms with Gasteiger partial charge in [-0.3, -0.25) is 5.43 Å². The van der Waals surface area contributed by atoms with E-state index in [1.807, 2.05) is 37.3 Å². The number of para-hydroxylation sites is 1. The number of hydrogen-bond donors (Lipinski definition) is 3. The van der Waals surface area contributed by atoms with E-state index in [0.717, 1.165) is 5.56 Å². The number of aromatic hydroxyl groups is 1. The minimum atomic E-state index is 0.0584. The molecule has 2 aromatic carbocycles. The third kappa shape index (κ3) is 5.27. The summed E-state index contributed by atoms with van der Waals surface area (Å²) < 4.78 is 5.32. The number of benzene rings is 2. The Hall–Kier alpha value is -2.60. The van der Waals surface area contributed by atoms with E-state index in [-0.39, 0.29) is 5.75 Å². The zero-order valence-corrected chi connectivity index (χ0v) is 13.6. The average molecular weight is 329 g/mol. The standard InChI is InChI=1S/C17H19N3O2S/c1-2-22-15-10-6-9-14(16(15)21)12-19-20-17(23)18-11-13-7-4-3-5-8-13/h3-10,12,21H,2,11H2,1H3,(H2,18,20,23). The number of rotatable bonds is 6. The molecule has 0 aliphatic rings. The van der Waals surface area contributed by atoms with E-state index in [9.17, 15) is 5.11 Å². The predicted molar refractivity (Wildman–Crippen MR) is 95.9 cm³/mol. The van der Waals surface area contributed by atoms with Crippen molar-refractivity contribution in [3.8, 4) is 11.5 Å². The lowest BCUT2D eigenvalue weighted by molar-refractivity contribution is 0.318. The van der Waals surface area contributed by atoms with Crippen molar-refractivity contribution in [2.75, 3.05) is 6.61 Å². The first-order valence-electron chi connectivity index (χ1n) is 7.26. The van der Waals surface area contributed by atoms with Gasteiger partial charge in [-0.15, -0.1) is 0 Å². The van der Waals surface area contributed by atoms with Crippen LogP contribution in [0.5, 0.6) is 11.5 Å². The molecule has 0 spiro atoms. The SMILES string of the molecule is CCOc1cccc(C=NNC(=S)NCc2ccccc2)c1O. The van der Waals surface area contributed by atoms with Gasteiger partial charge in [0.05, 0.1) is 12.8 Å². The summed E-state index contributed by atoms with van der Waals surface area (Å²) in [6, 6.07) is 15.2. The Balaban J connectivity index is 1.86. The van der Waals surface area contributed by atoms with E-state index in [2.05, 4.69) is 15.8 Å². The molecule has 0 unspecified atom stereocenters. The number of nitrogens with one attached hydrogen (secondary N) is 2. The van der Waals surface area contributed by atoms with Gasteiger partial charge in [0.25, 0.3) is 0 Å². The third-order valence-corrected chi connectivity index (χ3v) is 3.23. The number of phenols is 1. The van der Waals surface area contributed by atoms with Crippen LogP contribution in [0.2, 0.25) is 0 Å². The van der Waals surface area contributed by atoms with Gasteiger partial charge in [0, 0.05) is 12.1 Å². The average Bonchev–Trinajstić information content (AvgIpc) is 2.57. The lowest BCUT2D eigenvalue weighted by Gasteiger charge is -2.08. The van der Waals surface area contributed by atoms with E-state index in [1.165, 1.54) is 6.21 Å². The van der Waals surface area contributed by atoms with Crippen LogP contribution >= 0.6 is 12.2 Å². The first kappa shape index (κ1) is 16.8. The van der Waals surface area contributed by atoms with Crippen LogP contribution in [-0.4, -0.2) is 23.0 Å². The van der Waals surface area contributed by atoms with Gasteiger partial charge >= 0.3 is 0 Å². The van der Waals surface area contributed by atoms with Crippen LogP contribution in [0.15, 0.2) is 53.6 Å². The fraction of sp³-hybridized carbons (Fsp3) is 0.176. The number of hydrazone groups is 1. The molecule has 2 aromatic rings. The maximum absolute atomic E-state index is 10.0. The molecule has 0 bridgehead atoms. The lowest BCUT2D eigenvalue weighted by atomic mass is 10.2. The topological polar surface area (TPSA) is 65.9 Å². The lowest BCUT2D eigenvalue weighted by Crippen LogP contribution is -2.31. The van der Waals surface area contributed by atoms with Crippen molar-refractivity contribution in [2.24, 2.45) is 5.10 Å². The molecule has 6 heteroatoms. The Morgan fingerprint density at radius 2 is 2.00 bits per heavy atom. The summed E-state index contributed by atoms with van der Waals surface area (Å²) in [6.07, 6.45) is 1.49. The van der Waals surface area contributed by atoms with Gasteiger partial charge in [-0.25, -0.2) is 0 Å². The zero-order valence-electron chi connectivity index (χ0n) is 12.8. The van der Waals surface area contributed by atoms with Crippen molar-refractivity contribution in [2.45, 2.75) is 13.5 Å². The van der Waals surface area contributed by atoms with Gasteiger partial charge in [0.1, 0.15) is 0 Å². The summed E-state index contributed by atoms with van der Waals surface area (Å²) in [4.78, 5) is 0. The normalized spacial score (nSPS) is 10.5. The molecule has 0 saturated carbocycles. The maximum Gasteiger partial charge on any atom is 0.187 e. The van der Waals surface area contributed by atoms with Crippen LogP contribution in [0.4, 0.5) is 0 Å². The Bertz CT molecular complexity index is 675. The van der Waals surface area contributed by atoms with Crippen molar-refractivity contribution < 1.29 is 9.84 Å². The van der Waals surface area contributed by atoms with Gasteiger partial charge in [-0.05, 0) is 36.8 Å². The summed E-state index contributed by atoms with van der Waals surface area (Å²) in [5.74, 6) is 0.490. The van der Waals surface area contributed by atoms with Crippen LogP contribution in [0.3, 0.4) is 0 Å². The summed E-state index contributed by atoms with van der Waals surface area (Å²) >= 11 is 5.15. The minimum absolute atomic E-state index is 0.0584. The van der Waals surface area contributed by atoms with Crippen LogP contribution < -0.4 is 15.5 Å². The number of hydrogen-bond acceptors (Lipinski definition) is 4. The molecule has 5 nitrogen and oxygen atoms in total. The molecule has 0 atom stereocenters. The molecule has 0 heterocycles. The molecule has 0 amide bonds. The first-order chi connectivity index (χ1) is 11.2. The monoisotopic (exact) mass is 329 g/mol. The molecule has 0 aliphatic carbocycles. The molecule has 23 heavy (non-hydrogen) atoms. The number of nitrogens with zero attached hydrogens (tertiary/aromatic N) is 1. The second kappa shape index (κ2) is 8.75. The zero-order chi connectivity index (χ0) is 16.5. The maximum atomic E-state index is 10.0. The van der Waals surface area contributed by atoms with Crippen molar-refractivity contribution in [3.05, 3.63) is 59.7 Å². The van der Waals surface area contributed by atoms with Crippen molar-refractivity contribution in [1.29, 1.82) is 0 Å². The summed E-state index contributed by atoms with van der Waals surface area (Å²) in [5.41, 5.74) is 4.40. The van der Waals surface area contributed by atoms with Crippen LogP contribution in [0.25, 0.3) is 0 Å². The highest BCUT2D eigenvalue weighted by atomic mass is 32.1. The highest BCUT2D eigenvalue weighted by molar-refractivity contribution is 7.80.